The maximum absolute atomic E-state index is 10.5. The van der Waals surface area contributed by atoms with Gasteiger partial charge in [-0.1, -0.05) is 91.0 Å². The Morgan fingerprint density at radius 1 is 0.500 bits per heavy atom. The lowest BCUT2D eigenvalue weighted by Crippen LogP contribution is -1.99. The highest BCUT2D eigenvalue weighted by Gasteiger charge is 2.21. The Balaban J connectivity index is 1.31. The summed E-state index contributed by atoms with van der Waals surface area (Å²) in [6.07, 6.45) is 0. The fraction of sp³-hybridized carbons (Fsp3) is 0. The minimum absolute atomic E-state index is 0.536. The van der Waals surface area contributed by atoms with Gasteiger partial charge in [0, 0.05) is 43.9 Å². The molecule has 0 fully saturated rings. The molecule has 0 amide bonds. The van der Waals surface area contributed by atoms with Crippen LogP contribution in [0, 0.1) is 29.2 Å². The van der Waals surface area contributed by atoms with Crippen LogP contribution >= 0.6 is 0 Å². The predicted octanol–water partition coefficient (Wildman–Crippen LogP) is 11.5. The summed E-state index contributed by atoms with van der Waals surface area (Å²) in [5.74, 6) is 0. The topological polar surface area (TPSA) is 61.8 Å². The Morgan fingerprint density at radius 3 is 1.94 bits per heavy atom. The van der Waals surface area contributed by atoms with Crippen molar-refractivity contribution < 1.29 is 0 Å². The molecule has 0 saturated heterocycles. The van der Waals surface area contributed by atoms with Crippen molar-refractivity contribution in [3.05, 3.63) is 174 Å². The third-order valence-corrected chi connectivity index (χ3v) is 9.60. The van der Waals surface area contributed by atoms with Crippen LogP contribution in [0.15, 0.2) is 152 Å². The maximum atomic E-state index is 10.5. The van der Waals surface area contributed by atoms with E-state index in [1.165, 1.54) is 10.8 Å². The van der Waals surface area contributed by atoms with Gasteiger partial charge in [0.05, 0.1) is 52.1 Å². The standard InChI is InChI=1S/C45H25N5/c1-48-32-21-22-37-39-24-29(27-46)20-23-43(39)50(44(37)26-32)42-19-7-4-15-36(42)38-16-9-11-31(28-47)45(38)30-10-8-12-33(25-30)49-40-17-5-2-13-34(40)35-14-3-6-18-41(35)49/h2-26H. The first-order chi connectivity index (χ1) is 24.7. The fourth-order valence-electron chi connectivity index (χ4n) is 7.49. The molecule has 0 spiro atoms. The Hall–Kier alpha value is -7.39. The van der Waals surface area contributed by atoms with E-state index >= 15 is 0 Å². The minimum atomic E-state index is 0.536. The molecule has 0 N–H and O–H groups in total. The Kier molecular flexibility index (Phi) is 6.56. The summed E-state index contributed by atoms with van der Waals surface area (Å²) in [6, 6.07) is 55.6. The summed E-state index contributed by atoms with van der Waals surface area (Å²) < 4.78 is 4.46. The summed E-state index contributed by atoms with van der Waals surface area (Å²) in [5, 5.41) is 24.5. The number of fused-ring (bicyclic) bond motifs is 6. The monoisotopic (exact) mass is 635 g/mol. The van der Waals surface area contributed by atoms with E-state index in [1.54, 1.807) is 0 Å². The molecular weight excluding hydrogens is 611 g/mol. The van der Waals surface area contributed by atoms with E-state index in [0.717, 1.165) is 66.5 Å². The van der Waals surface area contributed by atoms with Crippen LogP contribution in [0.2, 0.25) is 0 Å². The first kappa shape index (κ1) is 28.8. The predicted molar refractivity (Wildman–Crippen MR) is 202 cm³/mol. The number of aromatic nitrogens is 2. The number of benzene rings is 7. The average molecular weight is 636 g/mol. The second-order valence-electron chi connectivity index (χ2n) is 12.3. The Labute approximate surface area is 288 Å². The van der Waals surface area contributed by atoms with Crippen LogP contribution in [0.3, 0.4) is 0 Å². The zero-order valence-electron chi connectivity index (χ0n) is 26.7. The van der Waals surface area contributed by atoms with Crippen molar-refractivity contribution in [3.8, 4) is 45.8 Å². The highest BCUT2D eigenvalue weighted by molar-refractivity contribution is 6.12. The first-order valence-electron chi connectivity index (χ1n) is 16.3. The first-order valence-corrected chi connectivity index (χ1v) is 16.3. The lowest BCUT2D eigenvalue weighted by Gasteiger charge is -2.18. The van der Waals surface area contributed by atoms with Gasteiger partial charge in [0.1, 0.15) is 0 Å². The Bertz CT molecular complexity index is 2920. The molecule has 5 nitrogen and oxygen atoms in total. The highest BCUT2D eigenvalue weighted by Crippen LogP contribution is 2.42. The number of hydrogen-bond donors (Lipinski definition) is 0. The fourth-order valence-corrected chi connectivity index (χ4v) is 7.49. The number of nitriles is 2. The molecule has 5 heteroatoms. The van der Waals surface area contributed by atoms with Crippen molar-refractivity contribution in [1.29, 1.82) is 10.5 Å². The van der Waals surface area contributed by atoms with Crippen LogP contribution in [-0.4, -0.2) is 9.13 Å². The molecule has 50 heavy (non-hydrogen) atoms. The molecule has 2 aromatic heterocycles. The quantitative estimate of drug-likeness (QED) is 0.181. The molecule has 0 aliphatic heterocycles. The van der Waals surface area contributed by atoms with E-state index in [-0.39, 0.29) is 0 Å². The van der Waals surface area contributed by atoms with Gasteiger partial charge in [0.25, 0.3) is 0 Å². The van der Waals surface area contributed by atoms with E-state index in [4.69, 9.17) is 6.57 Å². The van der Waals surface area contributed by atoms with Crippen LogP contribution in [0.25, 0.3) is 82.1 Å². The molecule has 0 unspecified atom stereocenters. The van der Waals surface area contributed by atoms with Gasteiger partial charge in [-0.05, 0) is 71.8 Å². The van der Waals surface area contributed by atoms with E-state index in [2.05, 4.69) is 117 Å². The van der Waals surface area contributed by atoms with Crippen molar-refractivity contribution in [3.63, 3.8) is 0 Å². The number of hydrogen-bond acceptors (Lipinski definition) is 2. The van der Waals surface area contributed by atoms with Gasteiger partial charge in [-0.3, -0.25) is 0 Å². The van der Waals surface area contributed by atoms with E-state index in [0.29, 0.717) is 16.8 Å². The molecule has 0 aliphatic rings. The molecule has 0 atom stereocenters. The normalized spacial score (nSPS) is 11.1. The van der Waals surface area contributed by atoms with Crippen LogP contribution in [0.1, 0.15) is 11.1 Å². The molecule has 0 aliphatic carbocycles. The summed E-state index contributed by atoms with van der Waals surface area (Å²) in [7, 11) is 0. The van der Waals surface area contributed by atoms with Crippen molar-refractivity contribution >= 4 is 49.3 Å². The minimum Gasteiger partial charge on any atom is -0.310 e. The maximum Gasteiger partial charge on any atom is 0.189 e. The largest absolute Gasteiger partial charge is 0.310 e. The average Bonchev–Trinajstić information content (AvgIpc) is 3.69. The molecular formula is C45H25N5. The second kappa shape index (κ2) is 11.4. The van der Waals surface area contributed by atoms with Gasteiger partial charge < -0.3 is 9.13 Å². The lowest BCUT2D eigenvalue weighted by molar-refractivity contribution is 1.18. The molecule has 0 bridgehead atoms. The van der Waals surface area contributed by atoms with Gasteiger partial charge >= 0.3 is 0 Å². The van der Waals surface area contributed by atoms with Gasteiger partial charge in [0.2, 0.25) is 0 Å². The van der Waals surface area contributed by atoms with Crippen LogP contribution < -0.4 is 0 Å². The molecule has 9 aromatic rings. The van der Waals surface area contributed by atoms with Crippen molar-refractivity contribution in [2.24, 2.45) is 0 Å². The van der Waals surface area contributed by atoms with Gasteiger partial charge in [0.15, 0.2) is 5.69 Å². The Morgan fingerprint density at radius 2 is 1.18 bits per heavy atom. The second-order valence-corrected chi connectivity index (χ2v) is 12.3. The SMILES string of the molecule is [C-]#[N+]c1ccc2c3cc(C#N)ccc3n(-c3ccccc3-c3cccc(C#N)c3-c3cccc(-n4c5ccccc5c5ccccc54)c3)c2c1. The van der Waals surface area contributed by atoms with Crippen molar-refractivity contribution in [2.75, 3.05) is 0 Å². The van der Waals surface area contributed by atoms with Gasteiger partial charge in [-0.25, -0.2) is 4.85 Å². The summed E-state index contributed by atoms with van der Waals surface area (Å²) in [5.41, 5.74) is 11.3. The van der Waals surface area contributed by atoms with Crippen molar-refractivity contribution in [2.45, 2.75) is 0 Å². The molecule has 9 rings (SSSR count). The van der Waals surface area contributed by atoms with Gasteiger partial charge in [-0.15, -0.1) is 0 Å². The number of nitrogens with zero attached hydrogens (tertiary/aromatic N) is 5. The third-order valence-electron chi connectivity index (χ3n) is 9.60. The van der Waals surface area contributed by atoms with E-state index in [1.807, 2.05) is 60.7 Å². The van der Waals surface area contributed by atoms with Crippen molar-refractivity contribution in [1.82, 2.24) is 9.13 Å². The number of para-hydroxylation sites is 3. The van der Waals surface area contributed by atoms with Crippen LogP contribution in [-0.2, 0) is 0 Å². The third kappa shape index (κ3) is 4.31. The van der Waals surface area contributed by atoms with Crippen LogP contribution in [0.4, 0.5) is 5.69 Å². The lowest BCUT2D eigenvalue weighted by atomic mass is 9.90. The van der Waals surface area contributed by atoms with Crippen LogP contribution in [0.5, 0.6) is 0 Å². The summed E-state index contributed by atoms with van der Waals surface area (Å²) in [6.45, 7) is 7.74. The van der Waals surface area contributed by atoms with Gasteiger partial charge in [-0.2, -0.15) is 10.5 Å². The summed E-state index contributed by atoms with van der Waals surface area (Å²) >= 11 is 0. The molecule has 230 valence electrons. The summed E-state index contributed by atoms with van der Waals surface area (Å²) in [4.78, 5) is 3.73. The highest BCUT2D eigenvalue weighted by atomic mass is 15.0. The smallest absolute Gasteiger partial charge is 0.189 e. The number of rotatable bonds is 4. The molecule has 0 radical (unpaired) electrons. The zero-order valence-corrected chi connectivity index (χ0v) is 26.7. The van der Waals surface area contributed by atoms with E-state index in [9.17, 15) is 10.5 Å². The molecule has 0 saturated carbocycles. The molecule has 7 aromatic carbocycles. The zero-order chi connectivity index (χ0) is 33.8. The van der Waals surface area contributed by atoms with E-state index < -0.39 is 0 Å². The molecule has 2 heterocycles.